The second kappa shape index (κ2) is 4.81. The van der Waals surface area contributed by atoms with E-state index in [1.807, 2.05) is 0 Å². The lowest BCUT2D eigenvalue weighted by molar-refractivity contribution is 0.519. The third kappa shape index (κ3) is 2.86. The summed E-state index contributed by atoms with van der Waals surface area (Å²) in [6.07, 6.45) is 2.17. The predicted molar refractivity (Wildman–Crippen MR) is 42.4 cm³/mol. The molecule has 0 N–H and O–H groups in total. The summed E-state index contributed by atoms with van der Waals surface area (Å²) in [5.74, 6) is 0.523. The molecule has 52 valence electrons. The first-order chi connectivity index (χ1) is 4.26. The van der Waals surface area contributed by atoms with E-state index in [0.717, 1.165) is 12.8 Å². The Morgan fingerprint density at radius 3 is 2.00 bits per heavy atom. The van der Waals surface area contributed by atoms with E-state index < -0.39 is 0 Å². The minimum absolute atomic E-state index is 0.0486. The average Bonchev–Trinajstić information content (AvgIpc) is 1.90. The van der Waals surface area contributed by atoms with Crippen LogP contribution in [0.3, 0.4) is 0 Å². The van der Waals surface area contributed by atoms with Gasteiger partial charge in [-0.15, -0.1) is 0 Å². The highest BCUT2D eigenvalue weighted by Crippen LogP contribution is 2.18. The van der Waals surface area contributed by atoms with Crippen LogP contribution in [0.5, 0.6) is 0 Å². The summed E-state index contributed by atoms with van der Waals surface area (Å²) in [7, 11) is 0. The van der Waals surface area contributed by atoms with Gasteiger partial charge in [0.1, 0.15) is 4.83 Å². The van der Waals surface area contributed by atoms with E-state index in [9.17, 15) is 0 Å². The number of nitriles is 1. The van der Waals surface area contributed by atoms with Gasteiger partial charge in [0.15, 0.2) is 0 Å². The van der Waals surface area contributed by atoms with E-state index in [1.165, 1.54) is 0 Å². The van der Waals surface area contributed by atoms with E-state index in [-0.39, 0.29) is 4.83 Å². The Balaban J connectivity index is 3.67. The van der Waals surface area contributed by atoms with Crippen LogP contribution in [0.1, 0.15) is 26.7 Å². The Morgan fingerprint density at radius 1 is 1.44 bits per heavy atom. The molecule has 0 aliphatic carbocycles. The van der Waals surface area contributed by atoms with Gasteiger partial charge in [-0.1, -0.05) is 42.6 Å². The summed E-state index contributed by atoms with van der Waals surface area (Å²) in [6, 6.07) is 2.18. The third-order valence-corrected chi connectivity index (χ3v) is 2.54. The number of rotatable bonds is 3. The van der Waals surface area contributed by atoms with Crippen LogP contribution in [0.25, 0.3) is 0 Å². The molecule has 0 bridgehead atoms. The maximum atomic E-state index is 8.47. The largest absolute Gasteiger partial charge is 0.197 e. The zero-order valence-electron chi connectivity index (χ0n) is 5.89. The molecule has 0 saturated heterocycles. The summed E-state index contributed by atoms with van der Waals surface area (Å²) in [5.41, 5.74) is 0. The summed E-state index contributed by atoms with van der Waals surface area (Å²) in [5, 5.41) is 8.47. The molecule has 0 saturated carbocycles. The van der Waals surface area contributed by atoms with Gasteiger partial charge >= 0.3 is 0 Å². The molecule has 0 heterocycles. The van der Waals surface area contributed by atoms with Gasteiger partial charge in [0.05, 0.1) is 6.07 Å². The summed E-state index contributed by atoms with van der Waals surface area (Å²) in [4.78, 5) is 0.0486. The smallest absolute Gasteiger partial charge is 0.104 e. The molecule has 9 heavy (non-hydrogen) atoms. The van der Waals surface area contributed by atoms with Crippen molar-refractivity contribution in [2.24, 2.45) is 5.92 Å². The second-order valence-electron chi connectivity index (χ2n) is 2.11. The van der Waals surface area contributed by atoms with Gasteiger partial charge in [0.25, 0.3) is 0 Å². The number of nitrogens with zero attached hydrogens (tertiary/aromatic N) is 1. The molecular weight excluding hydrogens is 178 g/mol. The molecule has 0 radical (unpaired) electrons. The van der Waals surface area contributed by atoms with Gasteiger partial charge in [-0.05, 0) is 5.92 Å². The minimum atomic E-state index is 0.0486. The molecule has 1 atom stereocenters. The molecule has 1 unspecified atom stereocenters. The first kappa shape index (κ1) is 8.97. The Hall–Kier alpha value is -0.0300. The molecule has 0 aromatic carbocycles. The monoisotopic (exact) mass is 189 g/mol. The molecule has 0 aromatic heterocycles. The summed E-state index contributed by atoms with van der Waals surface area (Å²) >= 11 is 3.30. The quantitative estimate of drug-likeness (QED) is 0.627. The van der Waals surface area contributed by atoms with Gasteiger partial charge in [-0.25, -0.2) is 0 Å². The van der Waals surface area contributed by atoms with Gasteiger partial charge < -0.3 is 0 Å². The molecule has 0 fully saturated rings. The minimum Gasteiger partial charge on any atom is -0.197 e. The van der Waals surface area contributed by atoms with Crippen LogP contribution < -0.4 is 0 Å². The number of hydrogen-bond donors (Lipinski definition) is 0. The van der Waals surface area contributed by atoms with Crippen LogP contribution in [0.15, 0.2) is 0 Å². The molecule has 0 amide bonds. The highest BCUT2D eigenvalue weighted by Gasteiger charge is 2.12. The first-order valence-corrected chi connectivity index (χ1v) is 4.21. The molecule has 0 aliphatic heterocycles. The van der Waals surface area contributed by atoms with E-state index in [2.05, 4.69) is 35.8 Å². The van der Waals surface area contributed by atoms with Crippen molar-refractivity contribution >= 4 is 15.9 Å². The van der Waals surface area contributed by atoms with Crippen molar-refractivity contribution in [3.63, 3.8) is 0 Å². The standard InChI is InChI=1S/C7H12BrN/c1-3-6(4-2)7(8)5-9/h6-7H,3-4H2,1-2H3. The molecule has 2 heteroatoms. The van der Waals surface area contributed by atoms with E-state index in [4.69, 9.17) is 5.26 Å². The van der Waals surface area contributed by atoms with Crippen molar-refractivity contribution in [1.82, 2.24) is 0 Å². The lowest BCUT2D eigenvalue weighted by Gasteiger charge is -2.11. The molecular formula is C7H12BrN. The predicted octanol–water partition coefficient (Wildman–Crippen LogP) is 2.71. The fraction of sp³-hybridized carbons (Fsp3) is 0.857. The van der Waals surface area contributed by atoms with E-state index >= 15 is 0 Å². The Morgan fingerprint density at radius 2 is 1.89 bits per heavy atom. The van der Waals surface area contributed by atoms with Crippen molar-refractivity contribution in [2.45, 2.75) is 31.5 Å². The summed E-state index contributed by atoms with van der Waals surface area (Å²) in [6.45, 7) is 4.22. The van der Waals surface area contributed by atoms with Gasteiger partial charge in [-0.2, -0.15) is 5.26 Å². The zero-order valence-corrected chi connectivity index (χ0v) is 7.48. The van der Waals surface area contributed by atoms with Crippen LogP contribution in [-0.4, -0.2) is 4.83 Å². The van der Waals surface area contributed by atoms with Crippen LogP contribution in [0.2, 0.25) is 0 Å². The lowest BCUT2D eigenvalue weighted by Crippen LogP contribution is -2.09. The molecule has 0 spiro atoms. The molecule has 0 aromatic rings. The Labute approximate surface area is 65.2 Å². The van der Waals surface area contributed by atoms with E-state index in [1.54, 1.807) is 0 Å². The lowest BCUT2D eigenvalue weighted by atomic mass is 10.0. The van der Waals surface area contributed by atoms with Crippen LogP contribution >= 0.6 is 15.9 Å². The maximum Gasteiger partial charge on any atom is 0.104 e. The van der Waals surface area contributed by atoms with Gasteiger partial charge in [0, 0.05) is 0 Å². The topological polar surface area (TPSA) is 23.8 Å². The van der Waals surface area contributed by atoms with Crippen molar-refractivity contribution in [2.75, 3.05) is 0 Å². The van der Waals surface area contributed by atoms with Gasteiger partial charge in [-0.3, -0.25) is 0 Å². The number of halogens is 1. The molecule has 0 aliphatic rings. The SMILES string of the molecule is CCC(CC)C(Br)C#N. The number of alkyl halides is 1. The highest BCUT2D eigenvalue weighted by atomic mass is 79.9. The van der Waals surface area contributed by atoms with Crippen molar-refractivity contribution in [1.29, 1.82) is 5.26 Å². The Bertz CT molecular complexity index is 102. The number of hydrogen-bond acceptors (Lipinski definition) is 1. The van der Waals surface area contributed by atoms with Crippen LogP contribution in [0, 0.1) is 17.2 Å². The van der Waals surface area contributed by atoms with Crippen molar-refractivity contribution in [3.8, 4) is 6.07 Å². The highest BCUT2D eigenvalue weighted by molar-refractivity contribution is 9.09. The zero-order chi connectivity index (χ0) is 7.28. The first-order valence-electron chi connectivity index (χ1n) is 3.29. The van der Waals surface area contributed by atoms with Crippen LogP contribution in [-0.2, 0) is 0 Å². The second-order valence-corrected chi connectivity index (χ2v) is 3.09. The molecule has 1 nitrogen and oxygen atoms in total. The summed E-state index contributed by atoms with van der Waals surface area (Å²) < 4.78 is 0. The normalized spacial score (nSPS) is 13.2. The van der Waals surface area contributed by atoms with Crippen molar-refractivity contribution < 1.29 is 0 Å². The molecule has 0 rings (SSSR count). The third-order valence-electron chi connectivity index (χ3n) is 1.59. The van der Waals surface area contributed by atoms with E-state index in [0.29, 0.717) is 5.92 Å². The Kier molecular flexibility index (Phi) is 4.80. The fourth-order valence-corrected chi connectivity index (χ4v) is 1.56. The fourth-order valence-electron chi connectivity index (χ4n) is 0.808. The maximum absolute atomic E-state index is 8.47. The average molecular weight is 190 g/mol. The van der Waals surface area contributed by atoms with Gasteiger partial charge in [0.2, 0.25) is 0 Å². The van der Waals surface area contributed by atoms with Crippen LogP contribution in [0.4, 0.5) is 0 Å². The van der Waals surface area contributed by atoms with Crippen molar-refractivity contribution in [3.05, 3.63) is 0 Å².